The Morgan fingerprint density at radius 2 is 2.00 bits per heavy atom. The molecule has 1 saturated carbocycles. The van der Waals surface area contributed by atoms with Crippen LogP contribution in [0.4, 0.5) is 0 Å². The molecule has 2 rings (SSSR count). The maximum absolute atomic E-state index is 12.0. The molecule has 1 aliphatic rings. The third-order valence-corrected chi connectivity index (χ3v) is 4.26. The molecular formula is C16H21ClN2O3. The molecule has 0 aromatic heterocycles. The van der Waals surface area contributed by atoms with Gasteiger partial charge < -0.3 is 15.7 Å². The van der Waals surface area contributed by atoms with Crippen molar-refractivity contribution >= 4 is 23.4 Å². The monoisotopic (exact) mass is 324 g/mol. The Kier molecular flexibility index (Phi) is 5.80. The van der Waals surface area contributed by atoms with Gasteiger partial charge in [0.25, 0.3) is 5.91 Å². The van der Waals surface area contributed by atoms with Gasteiger partial charge in [-0.05, 0) is 44.0 Å². The van der Waals surface area contributed by atoms with Crippen molar-refractivity contribution < 1.29 is 14.7 Å². The predicted molar refractivity (Wildman–Crippen MR) is 84.7 cm³/mol. The molecular weight excluding hydrogens is 304 g/mol. The molecule has 1 aromatic carbocycles. The van der Waals surface area contributed by atoms with Crippen LogP contribution >= 0.6 is 11.6 Å². The second-order valence-corrected chi connectivity index (χ2v) is 6.14. The number of rotatable bonds is 5. The van der Waals surface area contributed by atoms with Gasteiger partial charge in [0, 0.05) is 23.0 Å². The van der Waals surface area contributed by atoms with Crippen LogP contribution in [-0.2, 0) is 4.79 Å². The van der Waals surface area contributed by atoms with Gasteiger partial charge in [-0.1, -0.05) is 18.0 Å². The minimum Gasteiger partial charge on any atom is -0.393 e. The van der Waals surface area contributed by atoms with E-state index in [2.05, 4.69) is 10.6 Å². The number of hydrogen-bond donors (Lipinski definition) is 3. The van der Waals surface area contributed by atoms with E-state index in [0.29, 0.717) is 17.1 Å². The van der Waals surface area contributed by atoms with E-state index >= 15 is 0 Å². The minimum atomic E-state index is -0.637. The van der Waals surface area contributed by atoms with Crippen molar-refractivity contribution in [3.63, 3.8) is 0 Å². The zero-order valence-electron chi connectivity index (χ0n) is 12.5. The first-order chi connectivity index (χ1) is 10.5. The van der Waals surface area contributed by atoms with Crippen LogP contribution in [0, 0.1) is 5.92 Å². The van der Waals surface area contributed by atoms with Crippen molar-refractivity contribution in [1.29, 1.82) is 0 Å². The third kappa shape index (κ3) is 4.45. The number of aliphatic hydroxyl groups is 1. The average molecular weight is 325 g/mol. The van der Waals surface area contributed by atoms with Gasteiger partial charge in [-0.3, -0.25) is 9.59 Å². The lowest BCUT2D eigenvalue weighted by molar-refractivity contribution is -0.122. The van der Waals surface area contributed by atoms with Gasteiger partial charge >= 0.3 is 0 Å². The van der Waals surface area contributed by atoms with Crippen LogP contribution in [0.5, 0.6) is 0 Å². The second-order valence-electron chi connectivity index (χ2n) is 5.71. The van der Waals surface area contributed by atoms with E-state index in [4.69, 9.17) is 11.6 Å². The van der Waals surface area contributed by atoms with Gasteiger partial charge in [-0.15, -0.1) is 0 Å². The van der Waals surface area contributed by atoms with Gasteiger partial charge in [0.15, 0.2) is 0 Å². The van der Waals surface area contributed by atoms with Gasteiger partial charge in [-0.25, -0.2) is 0 Å². The lowest BCUT2D eigenvalue weighted by Gasteiger charge is -2.18. The van der Waals surface area contributed by atoms with E-state index in [-0.39, 0.29) is 23.8 Å². The SMILES string of the molecule is CC(NC(=O)c1ccc(Cl)cc1)C(=O)NCC1CCCC1O. The molecule has 0 bridgehead atoms. The normalized spacial score (nSPS) is 22.1. The molecule has 3 atom stereocenters. The molecule has 6 heteroatoms. The third-order valence-electron chi connectivity index (χ3n) is 4.00. The summed E-state index contributed by atoms with van der Waals surface area (Å²) in [5.74, 6) is -0.454. The quantitative estimate of drug-likeness (QED) is 0.772. The molecule has 2 amide bonds. The molecule has 3 unspecified atom stereocenters. The number of carbonyl (C=O) groups is 2. The number of hydrogen-bond acceptors (Lipinski definition) is 3. The van der Waals surface area contributed by atoms with Crippen molar-refractivity contribution in [2.75, 3.05) is 6.54 Å². The lowest BCUT2D eigenvalue weighted by Crippen LogP contribution is -2.46. The maximum Gasteiger partial charge on any atom is 0.251 e. The second kappa shape index (κ2) is 7.61. The molecule has 22 heavy (non-hydrogen) atoms. The summed E-state index contributed by atoms with van der Waals surface area (Å²) in [4.78, 5) is 24.0. The Morgan fingerprint density at radius 1 is 1.32 bits per heavy atom. The molecule has 0 heterocycles. The lowest BCUT2D eigenvalue weighted by atomic mass is 10.1. The maximum atomic E-state index is 12.0. The van der Waals surface area contributed by atoms with Crippen LogP contribution in [0.3, 0.4) is 0 Å². The summed E-state index contributed by atoms with van der Waals surface area (Å²) in [6.07, 6.45) is 2.38. The largest absolute Gasteiger partial charge is 0.393 e. The van der Waals surface area contributed by atoms with Crippen molar-refractivity contribution in [2.24, 2.45) is 5.92 Å². The minimum absolute atomic E-state index is 0.114. The topological polar surface area (TPSA) is 78.4 Å². The van der Waals surface area contributed by atoms with Crippen molar-refractivity contribution in [1.82, 2.24) is 10.6 Å². The summed E-state index contributed by atoms with van der Waals surface area (Å²) in [5, 5.41) is 15.7. The highest BCUT2D eigenvalue weighted by Gasteiger charge is 2.26. The van der Waals surface area contributed by atoms with E-state index in [9.17, 15) is 14.7 Å². The van der Waals surface area contributed by atoms with E-state index in [1.54, 1.807) is 31.2 Å². The zero-order chi connectivity index (χ0) is 16.1. The van der Waals surface area contributed by atoms with Crippen LogP contribution in [-0.4, -0.2) is 35.6 Å². The van der Waals surface area contributed by atoms with Gasteiger partial charge in [-0.2, -0.15) is 0 Å². The molecule has 0 aliphatic heterocycles. The molecule has 5 nitrogen and oxygen atoms in total. The van der Waals surface area contributed by atoms with E-state index in [1.807, 2.05) is 0 Å². The van der Waals surface area contributed by atoms with Gasteiger partial charge in [0.1, 0.15) is 6.04 Å². The smallest absolute Gasteiger partial charge is 0.251 e. The Morgan fingerprint density at radius 3 is 2.59 bits per heavy atom. The Hall–Kier alpha value is -1.59. The van der Waals surface area contributed by atoms with E-state index in [0.717, 1.165) is 19.3 Å². The standard InChI is InChI=1S/C16H21ClN2O3/c1-10(15(21)18-9-12-3-2-4-14(12)20)19-16(22)11-5-7-13(17)8-6-11/h5-8,10,12,14,20H,2-4,9H2,1H3,(H,18,21)(H,19,22). The molecule has 3 N–H and O–H groups in total. The van der Waals surface area contributed by atoms with Crippen molar-refractivity contribution in [3.8, 4) is 0 Å². The summed E-state index contributed by atoms with van der Waals surface area (Å²) < 4.78 is 0. The Bertz CT molecular complexity index is 533. The fraction of sp³-hybridized carbons (Fsp3) is 0.500. The predicted octanol–water partition coefficient (Wildman–Crippen LogP) is 1.74. The van der Waals surface area contributed by atoms with Gasteiger partial charge in [0.05, 0.1) is 6.10 Å². The highest BCUT2D eigenvalue weighted by Crippen LogP contribution is 2.24. The summed E-state index contributed by atoms with van der Waals surface area (Å²) in [6.45, 7) is 2.08. The first-order valence-corrected chi connectivity index (χ1v) is 7.87. The van der Waals surface area contributed by atoms with Crippen LogP contribution in [0.15, 0.2) is 24.3 Å². The first kappa shape index (κ1) is 16.8. The van der Waals surface area contributed by atoms with Crippen molar-refractivity contribution in [2.45, 2.75) is 38.3 Å². The molecule has 0 radical (unpaired) electrons. The highest BCUT2D eigenvalue weighted by atomic mass is 35.5. The zero-order valence-corrected chi connectivity index (χ0v) is 13.3. The summed E-state index contributed by atoms with van der Waals surface area (Å²) in [6, 6.07) is 5.83. The van der Waals surface area contributed by atoms with Crippen LogP contribution in [0.25, 0.3) is 0 Å². The van der Waals surface area contributed by atoms with Crippen LogP contribution in [0.2, 0.25) is 5.02 Å². The number of amides is 2. The molecule has 120 valence electrons. The fourth-order valence-electron chi connectivity index (χ4n) is 2.59. The average Bonchev–Trinajstić information content (AvgIpc) is 2.90. The van der Waals surface area contributed by atoms with Crippen LogP contribution < -0.4 is 10.6 Å². The van der Waals surface area contributed by atoms with E-state index < -0.39 is 6.04 Å². The number of halogens is 1. The number of benzene rings is 1. The molecule has 0 saturated heterocycles. The van der Waals surface area contributed by atoms with Crippen molar-refractivity contribution in [3.05, 3.63) is 34.9 Å². The molecule has 1 fully saturated rings. The Balaban J connectivity index is 1.80. The van der Waals surface area contributed by atoms with Crippen LogP contribution in [0.1, 0.15) is 36.5 Å². The van der Waals surface area contributed by atoms with Gasteiger partial charge in [0.2, 0.25) is 5.91 Å². The van der Waals surface area contributed by atoms with E-state index in [1.165, 1.54) is 0 Å². The number of nitrogens with one attached hydrogen (secondary N) is 2. The number of carbonyl (C=O) groups excluding carboxylic acids is 2. The highest BCUT2D eigenvalue weighted by molar-refractivity contribution is 6.30. The molecule has 1 aromatic rings. The molecule has 0 spiro atoms. The summed E-state index contributed by atoms with van der Waals surface area (Å²) in [5.41, 5.74) is 0.454. The number of aliphatic hydroxyl groups excluding tert-OH is 1. The summed E-state index contributed by atoms with van der Waals surface area (Å²) >= 11 is 5.77. The summed E-state index contributed by atoms with van der Waals surface area (Å²) in [7, 11) is 0. The Labute approximate surface area is 135 Å². The fourth-order valence-corrected chi connectivity index (χ4v) is 2.71. The molecule has 1 aliphatic carbocycles. The first-order valence-electron chi connectivity index (χ1n) is 7.49.